The Kier molecular flexibility index (Phi) is 4.61. The summed E-state index contributed by atoms with van der Waals surface area (Å²) in [5.41, 5.74) is 2.29. The number of imidazole rings is 1. The van der Waals surface area contributed by atoms with Crippen molar-refractivity contribution in [1.82, 2.24) is 14.9 Å². The molecular formula is C15H20ClN3. The Morgan fingerprint density at radius 1 is 1.42 bits per heavy atom. The van der Waals surface area contributed by atoms with Gasteiger partial charge in [-0.25, -0.2) is 4.98 Å². The summed E-state index contributed by atoms with van der Waals surface area (Å²) in [6, 6.07) is 6.26. The van der Waals surface area contributed by atoms with Gasteiger partial charge in [-0.15, -0.1) is 0 Å². The molecule has 1 atom stereocenters. The minimum absolute atomic E-state index is 0.107. The van der Waals surface area contributed by atoms with Gasteiger partial charge in [-0.05, 0) is 37.1 Å². The van der Waals surface area contributed by atoms with Crippen molar-refractivity contribution >= 4 is 11.6 Å². The normalized spacial score (nSPS) is 12.6. The second-order valence-electron chi connectivity index (χ2n) is 4.79. The van der Waals surface area contributed by atoms with E-state index < -0.39 is 0 Å². The standard InChI is InChI=1S/C15H20ClN3/c1-4-7-17-14(15-18-8-9-19(15)3)12-5-6-13(16)11(2)10-12/h5-6,8-10,14,17H,4,7H2,1-3H3. The molecule has 102 valence electrons. The Labute approximate surface area is 119 Å². The van der Waals surface area contributed by atoms with Crippen molar-refractivity contribution in [3.05, 3.63) is 52.6 Å². The zero-order valence-corrected chi connectivity index (χ0v) is 12.4. The average Bonchev–Trinajstić information content (AvgIpc) is 2.80. The molecule has 0 aliphatic carbocycles. The maximum atomic E-state index is 6.10. The highest BCUT2D eigenvalue weighted by atomic mass is 35.5. The molecule has 19 heavy (non-hydrogen) atoms. The summed E-state index contributed by atoms with van der Waals surface area (Å²) in [4.78, 5) is 4.46. The number of benzene rings is 1. The topological polar surface area (TPSA) is 29.9 Å². The highest BCUT2D eigenvalue weighted by Gasteiger charge is 2.17. The van der Waals surface area contributed by atoms with Crippen LogP contribution in [0.3, 0.4) is 0 Å². The lowest BCUT2D eigenvalue weighted by Gasteiger charge is -2.19. The molecule has 1 unspecified atom stereocenters. The molecule has 2 aromatic rings. The van der Waals surface area contributed by atoms with Gasteiger partial charge in [0.05, 0.1) is 6.04 Å². The van der Waals surface area contributed by atoms with E-state index in [9.17, 15) is 0 Å². The SMILES string of the molecule is CCCNC(c1ccc(Cl)c(C)c1)c1nccn1C. The van der Waals surface area contributed by atoms with E-state index in [-0.39, 0.29) is 6.04 Å². The summed E-state index contributed by atoms with van der Waals surface area (Å²) in [6.07, 6.45) is 4.89. The molecule has 0 aliphatic rings. The lowest BCUT2D eigenvalue weighted by Crippen LogP contribution is -2.25. The zero-order valence-electron chi connectivity index (χ0n) is 11.7. The smallest absolute Gasteiger partial charge is 0.130 e. The van der Waals surface area contributed by atoms with Crippen molar-refractivity contribution in [3.63, 3.8) is 0 Å². The van der Waals surface area contributed by atoms with E-state index in [1.165, 1.54) is 5.56 Å². The Morgan fingerprint density at radius 3 is 2.79 bits per heavy atom. The first-order valence-corrected chi connectivity index (χ1v) is 6.98. The van der Waals surface area contributed by atoms with Crippen LogP contribution in [0.2, 0.25) is 5.02 Å². The Morgan fingerprint density at radius 2 is 2.21 bits per heavy atom. The Balaban J connectivity index is 2.37. The van der Waals surface area contributed by atoms with Crippen LogP contribution in [0.1, 0.15) is 36.3 Å². The minimum atomic E-state index is 0.107. The van der Waals surface area contributed by atoms with Crippen LogP contribution >= 0.6 is 11.6 Å². The largest absolute Gasteiger partial charge is 0.336 e. The van der Waals surface area contributed by atoms with Crippen LogP contribution < -0.4 is 5.32 Å². The molecule has 0 saturated heterocycles. The predicted octanol–water partition coefficient (Wildman–Crippen LogP) is 3.47. The van der Waals surface area contributed by atoms with Gasteiger partial charge in [0.15, 0.2) is 0 Å². The molecule has 1 aromatic heterocycles. The summed E-state index contributed by atoms with van der Waals surface area (Å²) in [6.45, 7) is 5.15. The fourth-order valence-corrected chi connectivity index (χ4v) is 2.27. The fourth-order valence-electron chi connectivity index (χ4n) is 2.15. The third kappa shape index (κ3) is 3.17. The molecule has 0 bridgehead atoms. The van der Waals surface area contributed by atoms with E-state index in [4.69, 9.17) is 11.6 Å². The zero-order chi connectivity index (χ0) is 13.8. The molecule has 0 fully saturated rings. The van der Waals surface area contributed by atoms with E-state index in [1.54, 1.807) is 0 Å². The summed E-state index contributed by atoms with van der Waals surface area (Å²) < 4.78 is 2.05. The number of halogens is 1. The molecule has 1 heterocycles. The molecule has 0 amide bonds. The quantitative estimate of drug-likeness (QED) is 0.907. The molecule has 2 rings (SSSR count). The van der Waals surface area contributed by atoms with Gasteiger partial charge in [0, 0.05) is 24.5 Å². The monoisotopic (exact) mass is 277 g/mol. The van der Waals surface area contributed by atoms with Crippen molar-refractivity contribution in [3.8, 4) is 0 Å². The maximum Gasteiger partial charge on any atom is 0.130 e. The third-order valence-electron chi connectivity index (χ3n) is 3.23. The number of nitrogens with zero attached hydrogens (tertiary/aromatic N) is 2. The fraction of sp³-hybridized carbons (Fsp3) is 0.400. The van der Waals surface area contributed by atoms with Crippen LogP contribution in [0.25, 0.3) is 0 Å². The second-order valence-corrected chi connectivity index (χ2v) is 5.20. The van der Waals surface area contributed by atoms with E-state index in [0.29, 0.717) is 0 Å². The second kappa shape index (κ2) is 6.22. The molecule has 0 radical (unpaired) electrons. The van der Waals surface area contributed by atoms with Gasteiger partial charge in [-0.3, -0.25) is 0 Å². The van der Waals surface area contributed by atoms with E-state index in [2.05, 4.69) is 33.9 Å². The number of nitrogens with one attached hydrogen (secondary N) is 1. The van der Waals surface area contributed by atoms with E-state index in [0.717, 1.165) is 29.4 Å². The van der Waals surface area contributed by atoms with Gasteiger partial charge < -0.3 is 9.88 Å². The van der Waals surface area contributed by atoms with Crippen LogP contribution in [0, 0.1) is 6.92 Å². The first-order valence-electron chi connectivity index (χ1n) is 6.60. The maximum absolute atomic E-state index is 6.10. The average molecular weight is 278 g/mol. The van der Waals surface area contributed by atoms with Gasteiger partial charge in [-0.1, -0.05) is 30.7 Å². The van der Waals surface area contributed by atoms with Crippen molar-refractivity contribution < 1.29 is 0 Å². The van der Waals surface area contributed by atoms with Crippen molar-refractivity contribution in [2.75, 3.05) is 6.54 Å². The summed E-state index contributed by atoms with van der Waals surface area (Å²) in [5.74, 6) is 1.02. The highest BCUT2D eigenvalue weighted by Crippen LogP contribution is 2.24. The number of rotatable bonds is 5. The van der Waals surface area contributed by atoms with Gasteiger partial charge >= 0.3 is 0 Å². The lowest BCUT2D eigenvalue weighted by molar-refractivity contribution is 0.555. The van der Waals surface area contributed by atoms with Gasteiger partial charge in [0.2, 0.25) is 0 Å². The number of aromatic nitrogens is 2. The van der Waals surface area contributed by atoms with E-state index >= 15 is 0 Å². The van der Waals surface area contributed by atoms with Gasteiger partial charge in [0.25, 0.3) is 0 Å². The molecule has 0 spiro atoms. The molecule has 0 saturated carbocycles. The highest BCUT2D eigenvalue weighted by molar-refractivity contribution is 6.31. The summed E-state index contributed by atoms with van der Waals surface area (Å²) >= 11 is 6.10. The minimum Gasteiger partial charge on any atom is -0.336 e. The van der Waals surface area contributed by atoms with Crippen LogP contribution in [0.5, 0.6) is 0 Å². The predicted molar refractivity (Wildman–Crippen MR) is 79.5 cm³/mol. The van der Waals surface area contributed by atoms with Crippen molar-refractivity contribution in [1.29, 1.82) is 0 Å². The number of hydrogen-bond donors (Lipinski definition) is 1. The molecular weight excluding hydrogens is 258 g/mol. The summed E-state index contributed by atoms with van der Waals surface area (Å²) in [7, 11) is 2.02. The van der Waals surface area contributed by atoms with Gasteiger partial charge in [-0.2, -0.15) is 0 Å². The van der Waals surface area contributed by atoms with Crippen LogP contribution in [0.4, 0.5) is 0 Å². The number of aryl methyl sites for hydroxylation is 2. The van der Waals surface area contributed by atoms with Crippen molar-refractivity contribution in [2.24, 2.45) is 7.05 Å². The Hall–Kier alpha value is -1.32. The molecule has 4 heteroatoms. The van der Waals surface area contributed by atoms with Crippen LogP contribution in [-0.2, 0) is 7.05 Å². The van der Waals surface area contributed by atoms with Crippen molar-refractivity contribution in [2.45, 2.75) is 26.3 Å². The lowest BCUT2D eigenvalue weighted by atomic mass is 10.0. The van der Waals surface area contributed by atoms with E-state index in [1.807, 2.05) is 32.4 Å². The van der Waals surface area contributed by atoms with Crippen LogP contribution in [-0.4, -0.2) is 16.1 Å². The summed E-state index contributed by atoms with van der Waals surface area (Å²) in [5, 5.41) is 4.35. The first kappa shape index (κ1) is 14.1. The number of hydrogen-bond acceptors (Lipinski definition) is 2. The molecule has 1 N–H and O–H groups in total. The van der Waals surface area contributed by atoms with Gasteiger partial charge in [0.1, 0.15) is 5.82 Å². The van der Waals surface area contributed by atoms with Crippen LogP contribution in [0.15, 0.2) is 30.6 Å². The molecule has 3 nitrogen and oxygen atoms in total. The third-order valence-corrected chi connectivity index (χ3v) is 3.65. The molecule has 0 aliphatic heterocycles. The first-order chi connectivity index (χ1) is 9.13. The molecule has 1 aromatic carbocycles. The Bertz CT molecular complexity index is 548.